The van der Waals surface area contributed by atoms with Crippen molar-refractivity contribution in [1.82, 2.24) is 10.2 Å². The Kier molecular flexibility index (Phi) is 10.5. The zero-order chi connectivity index (χ0) is 16.3. The number of amides is 1. The number of hydrogen-bond acceptors (Lipinski definition) is 3. The number of hydrogen-bond donors (Lipinski definition) is 1. The second kappa shape index (κ2) is 12.2. The van der Waals surface area contributed by atoms with E-state index in [4.69, 9.17) is 4.74 Å². The van der Waals surface area contributed by atoms with E-state index in [1.165, 1.54) is 24.8 Å². The fraction of sp³-hybridized carbons (Fsp3) is 0.632. The summed E-state index contributed by atoms with van der Waals surface area (Å²) in [5, 5.41) is 3.02. The fourth-order valence-corrected chi connectivity index (χ4v) is 2.85. The molecule has 0 radical (unpaired) electrons. The number of rotatable bonds is 9. The molecule has 5 heteroatoms. The Morgan fingerprint density at radius 1 is 1.17 bits per heavy atom. The van der Waals surface area contributed by atoms with Gasteiger partial charge in [-0.05, 0) is 56.5 Å². The van der Waals surface area contributed by atoms with Crippen molar-refractivity contribution in [3.8, 4) is 5.75 Å². The summed E-state index contributed by atoms with van der Waals surface area (Å²) in [6.07, 6.45) is 6.39. The highest BCUT2D eigenvalue weighted by Crippen LogP contribution is 2.12. The number of benzene rings is 1. The average Bonchev–Trinajstić information content (AvgIpc) is 2.60. The molecule has 1 fully saturated rings. The molecule has 1 aromatic carbocycles. The molecule has 0 spiro atoms. The summed E-state index contributed by atoms with van der Waals surface area (Å²) in [5.74, 6) is 1.08. The van der Waals surface area contributed by atoms with E-state index in [9.17, 15) is 4.79 Å². The van der Waals surface area contributed by atoms with Crippen molar-refractivity contribution < 1.29 is 9.53 Å². The molecule has 1 aromatic rings. The van der Waals surface area contributed by atoms with Crippen LogP contribution in [0.5, 0.6) is 5.75 Å². The SMILES string of the molecule is CCCOc1ccc(CCNC(=O)CCN2CCCCC2)cc1.Cl. The Morgan fingerprint density at radius 2 is 1.88 bits per heavy atom. The minimum absolute atomic E-state index is 0. The highest BCUT2D eigenvalue weighted by molar-refractivity contribution is 5.85. The van der Waals surface area contributed by atoms with Gasteiger partial charge in [-0.2, -0.15) is 0 Å². The molecule has 0 saturated carbocycles. The molecule has 2 rings (SSSR count). The summed E-state index contributed by atoms with van der Waals surface area (Å²) < 4.78 is 5.57. The number of nitrogens with one attached hydrogen (secondary N) is 1. The van der Waals surface area contributed by atoms with Gasteiger partial charge in [0, 0.05) is 19.5 Å². The van der Waals surface area contributed by atoms with Gasteiger partial charge in [0.2, 0.25) is 5.91 Å². The van der Waals surface area contributed by atoms with Crippen LogP contribution in [0.3, 0.4) is 0 Å². The van der Waals surface area contributed by atoms with E-state index in [1.54, 1.807) is 0 Å². The highest BCUT2D eigenvalue weighted by atomic mass is 35.5. The van der Waals surface area contributed by atoms with E-state index >= 15 is 0 Å². The largest absolute Gasteiger partial charge is 0.494 e. The molecule has 1 amide bonds. The van der Waals surface area contributed by atoms with Crippen LogP contribution in [0.1, 0.15) is 44.6 Å². The summed E-state index contributed by atoms with van der Waals surface area (Å²) in [6, 6.07) is 8.15. The first kappa shape index (κ1) is 20.8. The van der Waals surface area contributed by atoms with Gasteiger partial charge in [-0.15, -0.1) is 12.4 Å². The predicted molar refractivity (Wildman–Crippen MR) is 101 cm³/mol. The van der Waals surface area contributed by atoms with Crippen molar-refractivity contribution in [2.45, 2.75) is 45.4 Å². The Labute approximate surface area is 152 Å². The van der Waals surface area contributed by atoms with Gasteiger partial charge in [0.05, 0.1) is 6.61 Å². The molecule has 1 saturated heterocycles. The number of ether oxygens (including phenoxy) is 1. The number of carbonyl (C=O) groups is 1. The van der Waals surface area contributed by atoms with Gasteiger partial charge in [0.25, 0.3) is 0 Å². The maximum atomic E-state index is 11.9. The number of piperidine rings is 1. The third kappa shape index (κ3) is 8.02. The molecule has 1 heterocycles. The lowest BCUT2D eigenvalue weighted by Crippen LogP contribution is -2.34. The van der Waals surface area contributed by atoms with Crippen LogP contribution in [0.15, 0.2) is 24.3 Å². The quantitative estimate of drug-likeness (QED) is 0.738. The molecular weight excluding hydrogens is 324 g/mol. The van der Waals surface area contributed by atoms with Crippen molar-refractivity contribution >= 4 is 18.3 Å². The van der Waals surface area contributed by atoms with Crippen LogP contribution >= 0.6 is 12.4 Å². The Balaban J connectivity index is 0.00000288. The molecule has 1 N–H and O–H groups in total. The molecule has 24 heavy (non-hydrogen) atoms. The third-order valence-electron chi connectivity index (χ3n) is 4.24. The van der Waals surface area contributed by atoms with Crippen molar-refractivity contribution in [2.75, 3.05) is 32.8 Å². The number of halogens is 1. The first-order chi connectivity index (χ1) is 11.3. The van der Waals surface area contributed by atoms with Crippen molar-refractivity contribution in [1.29, 1.82) is 0 Å². The zero-order valence-corrected chi connectivity index (χ0v) is 15.6. The second-order valence-corrected chi connectivity index (χ2v) is 6.24. The molecule has 1 aliphatic heterocycles. The minimum atomic E-state index is 0. The number of likely N-dealkylation sites (tertiary alicyclic amines) is 1. The monoisotopic (exact) mass is 354 g/mol. The summed E-state index contributed by atoms with van der Waals surface area (Å²) in [6.45, 7) is 6.76. The van der Waals surface area contributed by atoms with E-state index in [1.807, 2.05) is 12.1 Å². The van der Waals surface area contributed by atoms with E-state index in [0.717, 1.165) is 44.8 Å². The standard InChI is InChI=1S/C19H30N2O2.ClH/c1-2-16-23-18-8-6-17(7-9-18)10-12-20-19(22)11-15-21-13-4-3-5-14-21;/h6-9H,2-5,10-16H2,1H3,(H,20,22);1H. The summed E-state index contributed by atoms with van der Waals surface area (Å²) in [4.78, 5) is 14.3. The molecule has 0 bridgehead atoms. The minimum Gasteiger partial charge on any atom is -0.494 e. The normalized spacial score (nSPS) is 14.7. The van der Waals surface area contributed by atoms with Gasteiger partial charge in [0.15, 0.2) is 0 Å². The predicted octanol–water partition coefficient (Wildman–Crippen LogP) is 3.43. The second-order valence-electron chi connectivity index (χ2n) is 6.24. The van der Waals surface area contributed by atoms with Crippen LogP contribution in [0.4, 0.5) is 0 Å². The van der Waals surface area contributed by atoms with Gasteiger partial charge in [-0.3, -0.25) is 4.79 Å². The lowest BCUT2D eigenvalue weighted by atomic mass is 10.1. The first-order valence-corrected chi connectivity index (χ1v) is 8.98. The van der Waals surface area contributed by atoms with E-state index < -0.39 is 0 Å². The molecule has 0 aliphatic carbocycles. The Bertz CT molecular complexity index is 459. The fourth-order valence-electron chi connectivity index (χ4n) is 2.85. The first-order valence-electron chi connectivity index (χ1n) is 8.98. The number of nitrogens with zero attached hydrogens (tertiary/aromatic N) is 1. The van der Waals surface area contributed by atoms with E-state index in [-0.39, 0.29) is 18.3 Å². The lowest BCUT2D eigenvalue weighted by Gasteiger charge is -2.25. The maximum Gasteiger partial charge on any atom is 0.221 e. The van der Waals surface area contributed by atoms with Crippen molar-refractivity contribution in [3.63, 3.8) is 0 Å². The van der Waals surface area contributed by atoms with Crippen LogP contribution < -0.4 is 10.1 Å². The highest BCUT2D eigenvalue weighted by Gasteiger charge is 2.11. The zero-order valence-electron chi connectivity index (χ0n) is 14.8. The van der Waals surface area contributed by atoms with Crippen LogP contribution in [-0.2, 0) is 11.2 Å². The van der Waals surface area contributed by atoms with Gasteiger partial charge < -0.3 is 15.0 Å². The molecule has 0 atom stereocenters. The van der Waals surface area contributed by atoms with Crippen molar-refractivity contribution in [3.05, 3.63) is 29.8 Å². The summed E-state index contributed by atoms with van der Waals surface area (Å²) >= 11 is 0. The van der Waals surface area contributed by atoms with Gasteiger partial charge in [-0.1, -0.05) is 25.5 Å². The van der Waals surface area contributed by atoms with Gasteiger partial charge >= 0.3 is 0 Å². The smallest absolute Gasteiger partial charge is 0.221 e. The lowest BCUT2D eigenvalue weighted by molar-refractivity contribution is -0.121. The van der Waals surface area contributed by atoms with Crippen LogP contribution in [0.2, 0.25) is 0 Å². The maximum absolute atomic E-state index is 11.9. The summed E-state index contributed by atoms with van der Waals surface area (Å²) in [5.41, 5.74) is 1.23. The van der Waals surface area contributed by atoms with Gasteiger partial charge in [-0.25, -0.2) is 0 Å². The van der Waals surface area contributed by atoms with Crippen LogP contribution in [-0.4, -0.2) is 43.6 Å². The number of carbonyl (C=O) groups excluding carboxylic acids is 1. The average molecular weight is 355 g/mol. The van der Waals surface area contributed by atoms with Gasteiger partial charge in [0.1, 0.15) is 5.75 Å². The molecular formula is C19H31ClN2O2. The summed E-state index contributed by atoms with van der Waals surface area (Å²) in [7, 11) is 0. The topological polar surface area (TPSA) is 41.6 Å². The third-order valence-corrected chi connectivity index (χ3v) is 4.24. The molecule has 4 nitrogen and oxygen atoms in total. The Morgan fingerprint density at radius 3 is 2.54 bits per heavy atom. The molecule has 1 aliphatic rings. The van der Waals surface area contributed by atoms with Crippen LogP contribution in [0.25, 0.3) is 0 Å². The molecule has 0 aromatic heterocycles. The van der Waals surface area contributed by atoms with E-state index in [2.05, 4.69) is 29.3 Å². The van der Waals surface area contributed by atoms with Crippen molar-refractivity contribution in [2.24, 2.45) is 0 Å². The van der Waals surface area contributed by atoms with Crippen LogP contribution in [0, 0.1) is 0 Å². The molecule has 0 unspecified atom stereocenters. The van der Waals surface area contributed by atoms with E-state index in [0.29, 0.717) is 13.0 Å². The Hall–Kier alpha value is -1.26. The molecule has 136 valence electrons.